The SMILES string of the molecule is Cc1ccc(C(C)C)cc1O[C@H](C)C(=O)N/N=C\c1ccccc1O. The number of phenols is 1. The molecule has 0 aliphatic rings. The van der Waals surface area contributed by atoms with Crippen molar-refractivity contribution >= 4 is 12.1 Å². The summed E-state index contributed by atoms with van der Waals surface area (Å²) in [7, 11) is 0. The van der Waals surface area contributed by atoms with Crippen molar-refractivity contribution in [3.8, 4) is 11.5 Å². The number of hydrazone groups is 1. The highest BCUT2D eigenvalue weighted by atomic mass is 16.5. The fraction of sp³-hybridized carbons (Fsp3) is 0.300. The predicted molar refractivity (Wildman–Crippen MR) is 99.2 cm³/mol. The molecule has 132 valence electrons. The van der Waals surface area contributed by atoms with Crippen LogP contribution in [-0.4, -0.2) is 23.3 Å². The number of hydrogen-bond acceptors (Lipinski definition) is 4. The Morgan fingerprint density at radius 2 is 1.92 bits per heavy atom. The van der Waals surface area contributed by atoms with Gasteiger partial charge in [0.05, 0.1) is 6.21 Å². The van der Waals surface area contributed by atoms with Crippen LogP contribution >= 0.6 is 0 Å². The first-order chi connectivity index (χ1) is 11.9. The van der Waals surface area contributed by atoms with Gasteiger partial charge in [-0.1, -0.05) is 38.1 Å². The molecular weight excluding hydrogens is 316 g/mol. The second-order valence-corrected chi connectivity index (χ2v) is 6.23. The molecule has 0 aliphatic carbocycles. The van der Waals surface area contributed by atoms with Crippen molar-refractivity contribution in [2.45, 2.75) is 39.7 Å². The van der Waals surface area contributed by atoms with E-state index in [1.54, 1.807) is 31.2 Å². The first-order valence-electron chi connectivity index (χ1n) is 8.26. The van der Waals surface area contributed by atoms with E-state index in [9.17, 15) is 9.90 Å². The van der Waals surface area contributed by atoms with Crippen molar-refractivity contribution in [1.29, 1.82) is 0 Å². The summed E-state index contributed by atoms with van der Waals surface area (Å²) >= 11 is 0. The Kier molecular flexibility index (Phi) is 6.17. The van der Waals surface area contributed by atoms with Crippen LogP contribution in [0.25, 0.3) is 0 Å². The fourth-order valence-electron chi connectivity index (χ4n) is 2.20. The quantitative estimate of drug-likeness (QED) is 0.621. The van der Waals surface area contributed by atoms with Crippen LogP contribution in [0.5, 0.6) is 11.5 Å². The molecule has 0 saturated heterocycles. The van der Waals surface area contributed by atoms with E-state index in [1.165, 1.54) is 6.21 Å². The Morgan fingerprint density at radius 3 is 2.60 bits per heavy atom. The molecule has 0 bridgehead atoms. The lowest BCUT2D eigenvalue weighted by Gasteiger charge is -2.16. The third-order valence-corrected chi connectivity index (χ3v) is 3.87. The van der Waals surface area contributed by atoms with E-state index < -0.39 is 6.10 Å². The molecule has 1 atom stereocenters. The maximum Gasteiger partial charge on any atom is 0.280 e. The smallest absolute Gasteiger partial charge is 0.280 e. The van der Waals surface area contributed by atoms with E-state index in [-0.39, 0.29) is 11.7 Å². The van der Waals surface area contributed by atoms with E-state index in [1.807, 2.05) is 19.1 Å². The highest BCUT2D eigenvalue weighted by Crippen LogP contribution is 2.25. The Morgan fingerprint density at radius 1 is 1.20 bits per heavy atom. The van der Waals surface area contributed by atoms with Crippen LogP contribution in [0.1, 0.15) is 43.4 Å². The third-order valence-electron chi connectivity index (χ3n) is 3.87. The molecule has 0 radical (unpaired) electrons. The van der Waals surface area contributed by atoms with Crippen molar-refractivity contribution < 1.29 is 14.6 Å². The lowest BCUT2D eigenvalue weighted by molar-refractivity contribution is -0.127. The van der Waals surface area contributed by atoms with Crippen molar-refractivity contribution in [1.82, 2.24) is 5.43 Å². The van der Waals surface area contributed by atoms with Crippen LogP contribution in [0.2, 0.25) is 0 Å². The summed E-state index contributed by atoms with van der Waals surface area (Å²) in [5.41, 5.74) is 5.09. The summed E-state index contributed by atoms with van der Waals surface area (Å²) in [5.74, 6) is 0.820. The number of ether oxygens (including phenoxy) is 1. The summed E-state index contributed by atoms with van der Waals surface area (Å²) in [5, 5.41) is 13.5. The van der Waals surface area contributed by atoms with E-state index in [2.05, 4.69) is 30.4 Å². The number of para-hydroxylation sites is 1. The molecule has 5 heteroatoms. The van der Waals surface area contributed by atoms with E-state index in [0.29, 0.717) is 17.2 Å². The van der Waals surface area contributed by atoms with E-state index in [0.717, 1.165) is 11.1 Å². The van der Waals surface area contributed by atoms with Crippen molar-refractivity contribution in [3.63, 3.8) is 0 Å². The Balaban J connectivity index is 1.99. The second-order valence-electron chi connectivity index (χ2n) is 6.23. The van der Waals surface area contributed by atoms with Crippen LogP contribution < -0.4 is 10.2 Å². The van der Waals surface area contributed by atoms with Gasteiger partial charge in [-0.05, 0) is 49.1 Å². The van der Waals surface area contributed by atoms with Crippen LogP contribution in [0.4, 0.5) is 0 Å². The Labute approximate surface area is 148 Å². The van der Waals surface area contributed by atoms with Crippen molar-refractivity contribution in [2.75, 3.05) is 0 Å². The first-order valence-corrected chi connectivity index (χ1v) is 8.26. The minimum Gasteiger partial charge on any atom is -0.507 e. The number of aromatic hydroxyl groups is 1. The lowest BCUT2D eigenvalue weighted by atomic mass is 10.0. The minimum atomic E-state index is -0.692. The zero-order chi connectivity index (χ0) is 18.4. The maximum atomic E-state index is 12.1. The molecule has 2 rings (SSSR count). The maximum absolute atomic E-state index is 12.1. The van der Waals surface area contributed by atoms with Crippen molar-refractivity contribution in [2.24, 2.45) is 5.10 Å². The molecule has 2 N–H and O–H groups in total. The molecule has 25 heavy (non-hydrogen) atoms. The molecule has 0 spiro atoms. The van der Waals surface area contributed by atoms with E-state index >= 15 is 0 Å². The molecule has 5 nitrogen and oxygen atoms in total. The zero-order valence-corrected chi connectivity index (χ0v) is 15.0. The van der Waals surface area contributed by atoms with Crippen LogP contribution in [-0.2, 0) is 4.79 Å². The minimum absolute atomic E-state index is 0.103. The zero-order valence-electron chi connectivity index (χ0n) is 15.0. The number of rotatable bonds is 6. The highest BCUT2D eigenvalue weighted by Gasteiger charge is 2.16. The van der Waals surface area contributed by atoms with Gasteiger partial charge in [0.2, 0.25) is 0 Å². The Hall–Kier alpha value is -2.82. The molecule has 0 heterocycles. The summed E-state index contributed by atoms with van der Waals surface area (Å²) in [6, 6.07) is 12.8. The molecule has 2 aromatic rings. The number of phenolic OH excluding ortho intramolecular Hbond substituents is 1. The average Bonchev–Trinajstić information content (AvgIpc) is 2.58. The fourth-order valence-corrected chi connectivity index (χ4v) is 2.20. The van der Waals surface area contributed by atoms with Crippen molar-refractivity contribution in [3.05, 3.63) is 59.2 Å². The molecule has 1 amide bonds. The number of benzene rings is 2. The van der Waals surface area contributed by atoms with Crippen LogP contribution in [0.3, 0.4) is 0 Å². The summed E-state index contributed by atoms with van der Waals surface area (Å²) in [4.78, 5) is 12.1. The standard InChI is InChI=1S/C20H24N2O3/c1-13(2)16-10-9-14(3)19(11-16)25-15(4)20(24)22-21-12-17-7-5-6-8-18(17)23/h5-13,15,23H,1-4H3,(H,22,24)/b21-12-/t15-/m1/s1. The highest BCUT2D eigenvalue weighted by molar-refractivity contribution is 5.86. The number of hydrogen-bond donors (Lipinski definition) is 2. The van der Waals surface area contributed by atoms with Gasteiger partial charge in [0.15, 0.2) is 6.10 Å². The molecular formula is C20H24N2O3. The topological polar surface area (TPSA) is 70.9 Å². The second kappa shape index (κ2) is 8.33. The van der Waals surface area contributed by atoms with Gasteiger partial charge in [-0.2, -0.15) is 5.10 Å². The number of aryl methyl sites for hydroxylation is 1. The Bertz CT molecular complexity index is 769. The van der Waals surface area contributed by atoms with Gasteiger partial charge in [0.1, 0.15) is 11.5 Å². The number of carbonyl (C=O) groups excluding carboxylic acids is 1. The molecule has 0 aromatic heterocycles. The van der Waals surface area contributed by atoms with Gasteiger partial charge < -0.3 is 9.84 Å². The van der Waals surface area contributed by atoms with Gasteiger partial charge >= 0.3 is 0 Å². The number of nitrogens with zero attached hydrogens (tertiary/aromatic N) is 1. The average molecular weight is 340 g/mol. The van der Waals surface area contributed by atoms with Gasteiger partial charge in [-0.15, -0.1) is 0 Å². The number of amides is 1. The van der Waals surface area contributed by atoms with Gasteiger partial charge in [0.25, 0.3) is 5.91 Å². The van der Waals surface area contributed by atoms with E-state index in [4.69, 9.17) is 4.74 Å². The number of carbonyl (C=O) groups is 1. The normalized spacial score (nSPS) is 12.4. The van der Waals surface area contributed by atoms with Crippen LogP contribution in [0.15, 0.2) is 47.6 Å². The summed E-state index contributed by atoms with van der Waals surface area (Å²) in [6.45, 7) is 7.84. The third kappa shape index (κ3) is 5.08. The molecule has 0 unspecified atom stereocenters. The molecule has 0 aliphatic heterocycles. The summed E-state index contributed by atoms with van der Waals surface area (Å²) in [6.07, 6.45) is 0.701. The van der Waals surface area contributed by atoms with Gasteiger partial charge in [-0.3, -0.25) is 4.79 Å². The first kappa shape index (κ1) is 18.5. The molecule has 0 saturated carbocycles. The largest absolute Gasteiger partial charge is 0.507 e. The lowest BCUT2D eigenvalue weighted by Crippen LogP contribution is -2.33. The van der Waals surface area contributed by atoms with Gasteiger partial charge in [0, 0.05) is 5.56 Å². The summed E-state index contributed by atoms with van der Waals surface area (Å²) < 4.78 is 5.79. The molecule has 0 fully saturated rings. The molecule has 2 aromatic carbocycles. The number of nitrogens with one attached hydrogen (secondary N) is 1. The monoisotopic (exact) mass is 340 g/mol. The predicted octanol–water partition coefficient (Wildman–Crippen LogP) is 3.74. The van der Waals surface area contributed by atoms with Gasteiger partial charge in [-0.25, -0.2) is 5.43 Å². The van der Waals surface area contributed by atoms with Crippen LogP contribution in [0, 0.1) is 6.92 Å².